The second-order valence-electron chi connectivity index (χ2n) is 4.89. The SMILES string of the molecule is Cc1cc(C)c(-c2nc3ccccc3[nH]2)cc1C(=O)O. The number of nitrogens with zero attached hydrogens (tertiary/aromatic N) is 1. The molecule has 0 bridgehead atoms. The van der Waals surface area contributed by atoms with Gasteiger partial charge >= 0.3 is 5.97 Å². The maximum Gasteiger partial charge on any atom is 0.335 e. The lowest BCUT2D eigenvalue weighted by atomic mass is 9.99. The minimum Gasteiger partial charge on any atom is -0.478 e. The quantitative estimate of drug-likeness (QED) is 0.745. The molecule has 1 heterocycles. The lowest BCUT2D eigenvalue weighted by Gasteiger charge is -2.07. The van der Waals surface area contributed by atoms with Gasteiger partial charge in [0.2, 0.25) is 0 Å². The van der Waals surface area contributed by atoms with Crippen LogP contribution in [0.5, 0.6) is 0 Å². The molecule has 0 aliphatic rings. The topological polar surface area (TPSA) is 66.0 Å². The molecule has 100 valence electrons. The number of H-pyrrole nitrogens is 1. The Morgan fingerprint density at radius 2 is 1.90 bits per heavy atom. The van der Waals surface area contributed by atoms with Crippen LogP contribution in [0.1, 0.15) is 21.5 Å². The number of carboxylic acid groups (broad SMARTS) is 1. The number of para-hydroxylation sites is 2. The van der Waals surface area contributed by atoms with Crippen LogP contribution in [0.4, 0.5) is 0 Å². The fourth-order valence-electron chi connectivity index (χ4n) is 2.42. The van der Waals surface area contributed by atoms with Gasteiger partial charge in [-0.15, -0.1) is 0 Å². The predicted molar refractivity (Wildman–Crippen MR) is 78.0 cm³/mol. The number of imidazole rings is 1. The Morgan fingerprint density at radius 3 is 2.60 bits per heavy atom. The first-order chi connectivity index (χ1) is 9.56. The van der Waals surface area contributed by atoms with E-state index in [9.17, 15) is 9.90 Å². The van der Waals surface area contributed by atoms with Gasteiger partial charge in [0, 0.05) is 5.56 Å². The highest BCUT2D eigenvalue weighted by molar-refractivity contribution is 5.91. The van der Waals surface area contributed by atoms with Crippen LogP contribution in [-0.2, 0) is 0 Å². The number of aromatic amines is 1. The minimum atomic E-state index is -0.917. The van der Waals surface area contributed by atoms with Crippen molar-refractivity contribution in [3.8, 4) is 11.4 Å². The molecule has 4 heteroatoms. The van der Waals surface area contributed by atoms with Crippen LogP contribution in [-0.4, -0.2) is 21.0 Å². The summed E-state index contributed by atoms with van der Waals surface area (Å²) >= 11 is 0. The number of aryl methyl sites for hydroxylation is 2. The van der Waals surface area contributed by atoms with Gasteiger partial charge in [0.05, 0.1) is 16.6 Å². The summed E-state index contributed by atoms with van der Waals surface area (Å²) in [6, 6.07) is 11.3. The number of carboxylic acids is 1. The van der Waals surface area contributed by atoms with Gasteiger partial charge < -0.3 is 10.1 Å². The van der Waals surface area contributed by atoms with Crippen LogP contribution < -0.4 is 0 Å². The maximum atomic E-state index is 11.3. The number of fused-ring (bicyclic) bond motifs is 1. The molecule has 3 aromatic rings. The van der Waals surface area contributed by atoms with Gasteiger partial charge in [-0.25, -0.2) is 9.78 Å². The van der Waals surface area contributed by atoms with E-state index in [0.29, 0.717) is 11.4 Å². The Labute approximate surface area is 116 Å². The van der Waals surface area contributed by atoms with E-state index in [1.807, 2.05) is 37.3 Å². The molecule has 0 fully saturated rings. The molecule has 0 radical (unpaired) electrons. The van der Waals surface area contributed by atoms with Gasteiger partial charge in [0.25, 0.3) is 0 Å². The number of rotatable bonds is 2. The molecular weight excluding hydrogens is 252 g/mol. The number of nitrogens with one attached hydrogen (secondary N) is 1. The molecule has 2 aromatic carbocycles. The molecule has 2 N–H and O–H groups in total. The largest absolute Gasteiger partial charge is 0.478 e. The molecule has 4 nitrogen and oxygen atoms in total. The summed E-state index contributed by atoms with van der Waals surface area (Å²) in [5.74, 6) is -0.217. The molecule has 0 saturated heterocycles. The molecule has 0 saturated carbocycles. The maximum absolute atomic E-state index is 11.3. The van der Waals surface area contributed by atoms with Crippen molar-refractivity contribution in [1.82, 2.24) is 9.97 Å². The van der Waals surface area contributed by atoms with Gasteiger partial charge in [-0.1, -0.05) is 18.2 Å². The Kier molecular flexibility index (Phi) is 2.79. The van der Waals surface area contributed by atoms with Crippen molar-refractivity contribution in [2.45, 2.75) is 13.8 Å². The van der Waals surface area contributed by atoms with Gasteiger partial charge in [-0.2, -0.15) is 0 Å². The summed E-state index contributed by atoms with van der Waals surface area (Å²) in [7, 11) is 0. The summed E-state index contributed by atoms with van der Waals surface area (Å²) in [5, 5.41) is 9.24. The highest BCUT2D eigenvalue weighted by Crippen LogP contribution is 2.26. The first-order valence-corrected chi connectivity index (χ1v) is 6.36. The Morgan fingerprint density at radius 1 is 1.15 bits per heavy atom. The average molecular weight is 266 g/mol. The number of carbonyl (C=O) groups is 1. The second kappa shape index (κ2) is 4.49. The number of benzene rings is 2. The number of hydrogen-bond donors (Lipinski definition) is 2. The highest BCUT2D eigenvalue weighted by atomic mass is 16.4. The summed E-state index contributed by atoms with van der Waals surface area (Å²) in [6.07, 6.45) is 0. The van der Waals surface area contributed by atoms with Crippen molar-refractivity contribution in [1.29, 1.82) is 0 Å². The van der Waals surface area contributed by atoms with E-state index in [1.165, 1.54) is 0 Å². The zero-order valence-corrected chi connectivity index (χ0v) is 11.3. The van der Waals surface area contributed by atoms with Crippen LogP contribution in [0.3, 0.4) is 0 Å². The first kappa shape index (κ1) is 12.4. The van der Waals surface area contributed by atoms with Crippen LogP contribution in [0, 0.1) is 13.8 Å². The summed E-state index contributed by atoms with van der Waals surface area (Å²) in [4.78, 5) is 19.0. The van der Waals surface area contributed by atoms with Crippen molar-refractivity contribution in [2.75, 3.05) is 0 Å². The van der Waals surface area contributed by atoms with Gasteiger partial charge in [0.15, 0.2) is 0 Å². The van der Waals surface area contributed by atoms with Crippen molar-refractivity contribution in [2.24, 2.45) is 0 Å². The molecule has 0 aliphatic carbocycles. The zero-order valence-electron chi connectivity index (χ0n) is 11.3. The van der Waals surface area contributed by atoms with Crippen molar-refractivity contribution >= 4 is 17.0 Å². The van der Waals surface area contributed by atoms with Crippen LogP contribution in [0.15, 0.2) is 36.4 Å². The number of aromatic nitrogens is 2. The highest BCUT2D eigenvalue weighted by Gasteiger charge is 2.14. The van der Waals surface area contributed by atoms with Gasteiger partial charge in [-0.3, -0.25) is 0 Å². The van der Waals surface area contributed by atoms with E-state index < -0.39 is 5.97 Å². The molecule has 1 aromatic heterocycles. The number of aromatic carboxylic acids is 1. The molecule has 0 aliphatic heterocycles. The third-order valence-corrected chi connectivity index (χ3v) is 3.45. The van der Waals surface area contributed by atoms with E-state index in [4.69, 9.17) is 0 Å². The number of hydrogen-bond acceptors (Lipinski definition) is 2. The van der Waals surface area contributed by atoms with E-state index >= 15 is 0 Å². The van der Waals surface area contributed by atoms with Gasteiger partial charge in [-0.05, 0) is 43.2 Å². The lowest BCUT2D eigenvalue weighted by Crippen LogP contribution is -2.01. The molecule has 0 amide bonds. The average Bonchev–Trinajstić information content (AvgIpc) is 2.81. The molecule has 0 unspecified atom stereocenters. The first-order valence-electron chi connectivity index (χ1n) is 6.36. The molecule has 0 atom stereocenters. The minimum absolute atomic E-state index is 0.311. The Balaban J connectivity index is 2.22. The molecule has 20 heavy (non-hydrogen) atoms. The van der Waals surface area contributed by atoms with Crippen molar-refractivity contribution in [3.63, 3.8) is 0 Å². The van der Waals surface area contributed by atoms with Crippen LogP contribution in [0.2, 0.25) is 0 Å². The third-order valence-electron chi connectivity index (χ3n) is 3.45. The molecule has 0 spiro atoms. The fraction of sp³-hybridized carbons (Fsp3) is 0.125. The van der Waals surface area contributed by atoms with Crippen molar-refractivity contribution in [3.05, 3.63) is 53.1 Å². The van der Waals surface area contributed by atoms with Gasteiger partial charge in [0.1, 0.15) is 5.82 Å². The molecular formula is C16H14N2O2. The predicted octanol–water partition coefficient (Wildman–Crippen LogP) is 3.54. The summed E-state index contributed by atoms with van der Waals surface area (Å²) < 4.78 is 0. The monoisotopic (exact) mass is 266 g/mol. The normalized spacial score (nSPS) is 10.9. The molecule has 3 rings (SSSR count). The van der Waals surface area contributed by atoms with Crippen LogP contribution in [0.25, 0.3) is 22.4 Å². The van der Waals surface area contributed by atoms with E-state index in [2.05, 4.69) is 9.97 Å². The Bertz CT molecular complexity index is 785. The fourth-order valence-corrected chi connectivity index (χ4v) is 2.42. The third kappa shape index (κ3) is 1.95. The van der Waals surface area contributed by atoms with E-state index in [-0.39, 0.29) is 0 Å². The van der Waals surface area contributed by atoms with E-state index in [1.54, 1.807) is 13.0 Å². The van der Waals surface area contributed by atoms with E-state index in [0.717, 1.165) is 27.7 Å². The second-order valence-corrected chi connectivity index (χ2v) is 4.89. The lowest BCUT2D eigenvalue weighted by molar-refractivity contribution is 0.0696. The zero-order chi connectivity index (χ0) is 14.3. The standard InChI is InChI=1S/C16H14N2O2/c1-9-7-10(2)12(16(19)20)8-11(9)15-17-13-5-3-4-6-14(13)18-15/h3-8H,1-2H3,(H,17,18)(H,19,20). The van der Waals surface area contributed by atoms with Crippen LogP contribution >= 0.6 is 0 Å². The Hall–Kier alpha value is -2.62. The summed E-state index contributed by atoms with van der Waals surface area (Å²) in [5.41, 5.74) is 4.72. The smallest absolute Gasteiger partial charge is 0.335 e. The van der Waals surface area contributed by atoms with Crippen molar-refractivity contribution < 1.29 is 9.90 Å². The summed E-state index contributed by atoms with van der Waals surface area (Å²) in [6.45, 7) is 3.76.